The lowest BCUT2D eigenvalue weighted by atomic mass is 9.80. The van der Waals surface area contributed by atoms with Crippen LogP contribution in [-0.2, 0) is 6.54 Å². The summed E-state index contributed by atoms with van der Waals surface area (Å²) >= 11 is 0. The van der Waals surface area contributed by atoms with E-state index in [1.807, 2.05) is 0 Å². The molecule has 0 amide bonds. The van der Waals surface area contributed by atoms with Crippen LogP contribution in [0, 0.1) is 0 Å². The molecular weight excluding hydrogens is 168 g/mol. The van der Waals surface area contributed by atoms with Crippen molar-refractivity contribution < 1.29 is 9.52 Å². The number of aromatic nitrogens is 1. The normalized spacial score (nSPS) is 19.8. The van der Waals surface area contributed by atoms with E-state index in [0.717, 1.165) is 25.0 Å². The van der Waals surface area contributed by atoms with E-state index < -0.39 is 5.60 Å². The maximum Gasteiger partial charge on any atom is 0.180 e. The number of hydrogen-bond donors (Lipinski definition) is 2. The average molecular weight is 182 g/mol. The largest absolute Gasteiger partial charge is 0.447 e. The number of nitrogens with one attached hydrogen (secondary N) is 1. The molecule has 72 valence electrons. The van der Waals surface area contributed by atoms with Crippen molar-refractivity contribution in [3.63, 3.8) is 0 Å². The molecule has 2 rings (SSSR count). The van der Waals surface area contributed by atoms with E-state index in [2.05, 4.69) is 10.3 Å². The Hall–Kier alpha value is -0.870. The first-order chi connectivity index (χ1) is 6.29. The fourth-order valence-corrected chi connectivity index (χ4v) is 1.51. The summed E-state index contributed by atoms with van der Waals surface area (Å²) in [7, 11) is 0. The molecule has 1 aliphatic carbocycles. The maximum absolute atomic E-state index is 9.73. The van der Waals surface area contributed by atoms with Crippen molar-refractivity contribution in [2.45, 2.75) is 31.4 Å². The van der Waals surface area contributed by atoms with Gasteiger partial charge in [-0.05, 0) is 19.3 Å². The molecule has 0 bridgehead atoms. The predicted octanol–water partition coefficient (Wildman–Crippen LogP) is 0.679. The zero-order chi connectivity index (χ0) is 9.15. The van der Waals surface area contributed by atoms with Crippen LogP contribution in [0.25, 0.3) is 0 Å². The van der Waals surface area contributed by atoms with Gasteiger partial charge < -0.3 is 14.8 Å². The number of aliphatic hydroxyl groups is 1. The van der Waals surface area contributed by atoms with Gasteiger partial charge in [-0.2, -0.15) is 0 Å². The highest BCUT2D eigenvalue weighted by molar-refractivity contribution is 4.92. The van der Waals surface area contributed by atoms with Crippen LogP contribution in [0.3, 0.4) is 0 Å². The Morgan fingerprint density at radius 2 is 2.46 bits per heavy atom. The van der Waals surface area contributed by atoms with Crippen molar-refractivity contribution in [2.75, 3.05) is 6.54 Å². The summed E-state index contributed by atoms with van der Waals surface area (Å²) in [5.41, 5.74) is -0.458. The smallest absolute Gasteiger partial charge is 0.180 e. The van der Waals surface area contributed by atoms with Crippen LogP contribution in [0.1, 0.15) is 25.0 Å². The number of nitrogens with zero attached hydrogens (tertiary/aromatic N) is 1. The number of oxazole rings is 1. The Labute approximate surface area is 77.0 Å². The zero-order valence-corrected chi connectivity index (χ0v) is 7.49. The van der Waals surface area contributed by atoms with E-state index >= 15 is 0 Å². The molecule has 0 saturated heterocycles. The van der Waals surface area contributed by atoms with E-state index in [4.69, 9.17) is 4.42 Å². The molecule has 1 heterocycles. The molecule has 4 nitrogen and oxygen atoms in total. The van der Waals surface area contributed by atoms with Crippen LogP contribution in [0.15, 0.2) is 17.0 Å². The summed E-state index contributed by atoms with van der Waals surface area (Å²) in [4.78, 5) is 3.80. The molecule has 0 spiro atoms. The summed E-state index contributed by atoms with van der Waals surface area (Å²) in [5.74, 6) is 0.808. The van der Waals surface area contributed by atoms with Crippen molar-refractivity contribution in [3.05, 3.63) is 18.4 Å². The van der Waals surface area contributed by atoms with Crippen molar-refractivity contribution in [1.29, 1.82) is 0 Å². The summed E-state index contributed by atoms with van der Waals surface area (Å²) in [6, 6.07) is 0. The van der Waals surface area contributed by atoms with Gasteiger partial charge >= 0.3 is 0 Å². The van der Waals surface area contributed by atoms with Crippen molar-refractivity contribution in [1.82, 2.24) is 10.3 Å². The van der Waals surface area contributed by atoms with E-state index in [1.54, 1.807) is 6.20 Å². The van der Waals surface area contributed by atoms with E-state index in [1.165, 1.54) is 6.39 Å². The van der Waals surface area contributed by atoms with E-state index in [-0.39, 0.29) is 0 Å². The lowest BCUT2D eigenvalue weighted by molar-refractivity contribution is -0.0317. The number of rotatable bonds is 4. The van der Waals surface area contributed by atoms with Gasteiger partial charge in [0.2, 0.25) is 0 Å². The first-order valence-electron chi connectivity index (χ1n) is 4.59. The lowest BCUT2D eigenvalue weighted by Gasteiger charge is -2.36. The fourth-order valence-electron chi connectivity index (χ4n) is 1.51. The minimum atomic E-state index is -0.458. The zero-order valence-electron chi connectivity index (χ0n) is 7.49. The van der Waals surface area contributed by atoms with Gasteiger partial charge in [0.05, 0.1) is 18.3 Å². The van der Waals surface area contributed by atoms with Crippen LogP contribution in [-0.4, -0.2) is 22.2 Å². The van der Waals surface area contributed by atoms with Gasteiger partial charge in [-0.1, -0.05) is 0 Å². The summed E-state index contributed by atoms with van der Waals surface area (Å²) in [6.07, 6.45) is 6.06. The highest BCUT2D eigenvalue weighted by Crippen LogP contribution is 2.30. The lowest BCUT2D eigenvalue weighted by Crippen LogP contribution is -2.45. The molecule has 1 aromatic rings. The predicted molar refractivity (Wildman–Crippen MR) is 47.0 cm³/mol. The van der Waals surface area contributed by atoms with Gasteiger partial charge in [0.25, 0.3) is 0 Å². The topological polar surface area (TPSA) is 58.3 Å². The summed E-state index contributed by atoms with van der Waals surface area (Å²) in [6.45, 7) is 1.29. The summed E-state index contributed by atoms with van der Waals surface area (Å²) in [5, 5.41) is 12.9. The molecule has 1 fully saturated rings. The minimum absolute atomic E-state index is 0.458. The summed E-state index contributed by atoms with van der Waals surface area (Å²) < 4.78 is 5.04. The molecule has 1 saturated carbocycles. The molecule has 2 N–H and O–H groups in total. The molecule has 0 radical (unpaired) electrons. The van der Waals surface area contributed by atoms with Crippen LogP contribution in [0.5, 0.6) is 0 Å². The van der Waals surface area contributed by atoms with E-state index in [0.29, 0.717) is 13.1 Å². The average Bonchev–Trinajstić information content (AvgIpc) is 2.54. The van der Waals surface area contributed by atoms with Crippen molar-refractivity contribution in [3.8, 4) is 0 Å². The van der Waals surface area contributed by atoms with Gasteiger partial charge in [0, 0.05) is 6.54 Å². The van der Waals surface area contributed by atoms with Gasteiger partial charge in [0.15, 0.2) is 6.39 Å². The second-order valence-electron chi connectivity index (χ2n) is 3.65. The molecule has 1 aromatic heterocycles. The monoisotopic (exact) mass is 182 g/mol. The third-order valence-corrected chi connectivity index (χ3v) is 2.52. The highest BCUT2D eigenvalue weighted by Gasteiger charge is 2.33. The molecule has 0 unspecified atom stereocenters. The maximum atomic E-state index is 9.73. The third kappa shape index (κ3) is 2.08. The Balaban J connectivity index is 1.69. The molecule has 0 aromatic carbocycles. The van der Waals surface area contributed by atoms with Gasteiger partial charge in [0.1, 0.15) is 5.76 Å². The second-order valence-corrected chi connectivity index (χ2v) is 3.65. The second kappa shape index (κ2) is 3.47. The molecular formula is C9H14N2O2. The third-order valence-electron chi connectivity index (χ3n) is 2.52. The molecule has 0 aliphatic heterocycles. The molecule has 4 heteroatoms. The van der Waals surface area contributed by atoms with Crippen LogP contribution in [0.2, 0.25) is 0 Å². The Bertz CT molecular complexity index is 255. The van der Waals surface area contributed by atoms with Crippen molar-refractivity contribution in [2.24, 2.45) is 0 Å². The van der Waals surface area contributed by atoms with Crippen LogP contribution >= 0.6 is 0 Å². The Morgan fingerprint density at radius 1 is 1.62 bits per heavy atom. The first kappa shape index (κ1) is 8.72. The minimum Gasteiger partial charge on any atom is -0.447 e. The van der Waals surface area contributed by atoms with Gasteiger partial charge in [-0.3, -0.25) is 0 Å². The molecule has 0 atom stereocenters. The Kier molecular flexibility index (Phi) is 2.33. The van der Waals surface area contributed by atoms with Gasteiger partial charge in [-0.25, -0.2) is 4.98 Å². The SMILES string of the molecule is OC1(CNCc2cnco2)CCC1. The van der Waals surface area contributed by atoms with Gasteiger partial charge in [-0.15, -0.1) is 0 Å². The van der Waals surface area contributed by atoms with Crippen LogP contribution < -0.4 is 5.32 Å². The molecule has 13 heavy (non-hydrogen) atoms. The quantitative estimate of drug-likeness (QED) is 0.719. The van der Waals surface area contributed by atoms with E-state index in [9.17, 15) is 5.11 Å². The van der Waals surface area contributed by atoms with Crippen LogP contribution in [0.4, 0.5) is 0 Å². The van der Waals surface area contributed by atoms with Crippen molar-refractivity contribution >= 4 is 0 Å². The highest BCUT2D eigenvalue weighted by atomic mass is 16.3. The Morgan fingerprint density at radius 3 is 3.00 bits per heavy atom. The standard InChI is InChI=1S/C9H14N2O2/c12-9(2-1-3-9)6-10-4-8-5-11-7-13-8/h5,7,10,12H,1-4,6H2. The molecule has 1 aliphatic rings. The fraction of sp³-hybridized carbons (Fsp3) is 0.667. The first-order valence-corrected chi connectivity index (χ1v) is 4.59. The number of hydrogen-bond acceptors (Lipinski definition) is 4.